The SMILES string of the molecule is [2H]c1nc(N)c([2H])c([2H])c1N1C([2H])([2H])C([2H])([2H])C([2H])(C([2H])([2H])[2H])C([2H])([2H])C1([2H])[2H]. The van der Waals surface area contributed by atoms with E-state index in [1.165, 1.54) is 0 Å². The van der Waals surface area contributed by atoms with Gasteiger partial charge in [-0.25, -0.2) is 4.98 Å². The highest BCUT2D eigenvalue weighted by atomic mass is 15.1. The Morgan fingerprint density at radius 1 is 1.71 bits per heavy atom. The molecule has 2 N–H and O–H groups in total. The lowest BCUT2D eigenvalue weighted by Crippen LogP contribution is -2.32. The van der Waals surface area contributed by atoms with Crippen molar-refractivity contribution in [1.82, 2.24) is 4.98 Å². The molecule has 1 aliphatic rings. The summed E-state index contributed by atoms with van der Waals surface area (Å²) in [4.78, 5) is 3.12. The summed E-state index contributed by atoms with van der Waals surface area (Å²) in [5.41, 5.74) is 4.27. The number of hydrogen-bond acceptors (Lipinski definition) is 3. The average molecular weight is 206 g/mol. The molecule has 1 saturated heterocycles. The quantitative estimate of drug-likeness (QED) is 0.763. The summed E-state index contributed by atoms with van der Waals surface area (Å²) in [6.45, 7) is -11.3. The first-order valence-corrected chi connectivity index (χ1v) is 3.66. The van der Waals surface area contributed by atoms with Crippen molar-refractivity contribution >= 4 is 11.5 Å². The Kier molecular flexibility index (Phi) is 0.588. The lowest BCUT2D eigenvalue weighted by molar-refractivity contribution is 0.438. The predicted molar refractivity (Wildman–Crippen MR) is 59.3 cm³/mol. The van der Waals surface area contributed by atoms with Gasteiger partial charge in [0.25, 0.3) is 0 Å². The topological polar surface area (TPSA) is 42.1 Å². The predicted octanol–water partition coefficient (Wildman–Crippen LogP) is 1.90. The van der Waals surface area contributed by atoms with Gasteiger partial charge in [0, 0.05) is 29.4 Å². The minimum atomic E-state index is -3.92. The first-order chi connectivity index (χ1) is 12.6. The van der Waals surface area contributed by atoms with Crippen molar-refractivity contribution in [2.75, 3.05) is 23.6 Å². The highest BCUT2D eigenvalue weighted by Crippen LogP contribution is 2.22. The minimum absolute atomic E-state index is 0.256. The van der Waals surface area contributed by atoms with Gasteiger partial charge < -0.3 is 10.6 Å². The molecule has 14 heavy (non-hydrogen) atoms. The van der Waals surface area contributed by atoms with Crippen molar-refractivity contribution in [3.63, 3.8) is 0 Å². The van der Waals surface area contributed by atoms with Crippen molar-refractivity contribution in [2.45, 2.75) is 19.6 Å². The van der Waals surface area contributed by atoms with Gasteiger partial charge >= 0.3 is 0 Å². The molecule has 0 aromatic carbocycles. The van der Waals surface area contributed by atoms with Crippen molar-refractivity contribution in [3.05, 3.63) is 18.3 Å². The monoisotopic (exact) mass is 206 g/mol. The Morgan fingerprint density at radius 3 is 3.21 bits per heavy atom. The molecule has 0 saturated carbocycles. The van der Waals surface area contributed by atoms with E-state index in [9.17, 15) is 0 Å². The fraction of sp³-hybridized carbons (Fsp3) is 0.545. The van der Waals surface area contributed by atoms with Crippen LogP contribution in [0.1, 0.15) is 40.2 Å². The number of nitrogens with zero attached hydrogens (tertiary/aromatic N) is 2. The molecule has 0 radical (unpaired) electrons. The maximum atomic E-state index is 8.16. The minimum Gasteiger partial charge on any atom is -0.384 e. The van der Waals surface area contributed by atoms with Crippen LogP contribution in [0.4, 0.5) is 11.5 Å². The number of nitrogens with two attached hydrogens (primary N) is 1. The van der Waals surface area contributed by atoms with Crippen LogP contribution in [0.15, 0.2) is 18.3 Å². The summed E-state index contributed by atoms with van der Waals surface area (Å²) >= 11 is 0. The lowest BCUT2D eigenvalue weighted by Gasteiger charge is -2.31. The molecule has 0 spiro atoms. The van der Waals surface area contributed by atoms with Crippen LogP contribution >= 0.6 is 0 Å². The molecule has 0 atom stereocenters. The van der Waals surface area contributed by atoms with E-state index in [1.807, 2.05) is 0 Å². The van der Waals surface area contributed by atoms with Crippen LogP contribution in [0.5, 0.6) is 0 Å². The van der Waals surface area contributed by atoms with Crippen molar-refractivity contribution in [2.24, 2.45) is 5.89 Å². The summed E-state index contributed by atoms with van der Waals surface area (Å²) < 4.78 is 119. The highest BCUT2D eigenvalue weighted by molar-refractivity contribution is 5.48. The molecular formula is C11H17N3. The molecule has 0 bridgehead atoms. The van der Waals surface area contributed by atoms with Crippen molar-refractivity contribution in [1.29, 1.82) is 0 Å². The van der Waals surface area contributed by atoms with Crippen LogP contribution in [0.25, 0.3) is 0 Å². The second kappa shape index (κ2) is 3.86. The number of pyridine rings is 1. The summed E-state index contributed by atoms with van der Waals surface area (Å²) in [5, 5.41) is 0. The second-order valence-electron chi connectivity index (χ2n) is 2.39. The molecule has 1 fully saturated rings. The molecule has 3 nitrogen and oxygen atoms in total. The van der Waals surface area contributed by atoms with Crippen molar-refractivity contribution in [3.8, 4) is 0 Å². The number of nitrogen functional groups attached to an aromatic ring is 1. The van der Waals surface area contributed by atoms with E-state index >= 15 is 0 Å². The van der Waals surface area contributed by atoms with Gasteiger partial charge in [0.1, 0.15) is 5.82 Å². The first kappa shape index (κ1) is 2.13. The molecule has 0 amide bonds. The van der Waals surface area contributed by atoms with E-state index in [4.69, 9.17) is 26.3 Å². The third-order valence-corrected chi connectivity index (χ3v) is 1.40. The molecule has 0 unspecified atom stereocenters. The maximum absolute atomic E-state index is 8.16. The average Bonchev–Trinajstić information content (AvgIpc) is 2.52. The van der Waals surface area contributed by atoms with E-state index in [0.29, 0.717) is 0 Å². The van der Waals surface area contributed by atoms with E-state index in [-0.39, 0.29) is 4.90 Å². The van der Waals surface area contributed by atoms with Gasteiger partial charge in [0.05, 0.1) is 16.0 Å². The molecular weight excluding hydrogens is 174 g/mol. The van der Waals surface area contributed by atoms with Crippen LogP contribution in [0, 0.1) is 5.89 Å². The molecule has 1 aromatic rings. The molecule has 2 rings (SSSR count). The number of anilines is 2. The Balaban J connectivity index is 3.02. The maximum Gasteiger partial charge on any atom is 0.123 e. The zero-order chi connectivity index (χ0) is 23.2. The second-order valence-corrected chi connectivity index (χ2v) is 2.39. The number of hydrogen-bond donors (Lipinski definition) is 1. The van der Waals surface area contributed by atoms with Gasteiger partial charge in [0.15, 0.2) is 0 Å². The van der Waals surface area contributed by atoms with Gasteiger partial charge in [-0.05, 0) is 30.7 Å². The number of piperidine rings is 1. The number of aromatic nitrogens is 1. The fourth-order valence-electron chi connectivity index (χ4n) is 0.793. The summed E-state index contributed by atoms with van der Waals surface area (Å²) in [6.07, 6.45) is -8.82. The van der Waals surface area contributed by atoms with E-state index < -0.39 is 68.2 Å². The molecule has 2 heterocycles. The lowest BCUT2D eigenvalue weighted by atomic mass is 9.99. The third kappa shape index (κ3) is 1.97. The molecule has 1 aromatic heterocycles. The molecule has 3 heteroatoms. The first-order valence-electron chi connectivity index (χ1n) is 11.2. The number of rotatable bonds is 1. The van der Waals surface area contributed by atoms with Crippen LogP contribution in [-0.4, -0.2) is 18.0 Å². The Hall–Kier alpha value is -1.25. The van der Waals surface area contributed by atoms with Gasteiger partial charge in [-0.1, -0.05) is 6.85 Å². The van der Waals surface area contributed by atoms with E-state index in [0.717, 1.165) is 0 Å². The third-order valence-electron chi connectivity index (χ3n) is 1.40. The Labute approximate surface area is 106 Å². The van der Waals surface area contributed by atoms with E-state index in [2.05, 4.69) is 4.98 Å². The van der Waals surface area contributed by atoms with E-state index in [1.54, 1.807) is 0 Å². The Bertz CT molecular complexity index is 817. The summed E-state index contributed by atoms with van der Waals surface area (Å²) in [5.74, 6) is -4.54. The van der Waals surface area contributed by atoms with Gasteiger partial charge in [-0.2, -0.15) is 0 Å². The fourth-order valence-corrected chi connectivity index (χ4v) is 0.793. The standard InChI is InChI=1S/C11H17N3/c1-9-4-6-14(7-5-9)10-2-3-11(12)13-8-10/h2-3,8-9H,4-7H2,1H3,(H2,12,13)/i1D3,2D,3D,4D2,5D2,6D2,7D2,8D,9D. The van der Waals surface area contributed by atoms with Crippen molar-refractivity contribution < 1.29 is 20.6 Å². The largest absolute Gasteiger partial charge is 0.384 e. The van der Waals surface area contributed by atoms with Crippen LogP contribution in [0.3, 0.4) is 0 Å². The smallest absolute Gasteiger partial charge is 0.123 e. The molecule has 0 aliphatic carbocycles. The van der Waals surface area contributed by atoms with Crippen LogP contribution in [0.2, 0.25) is 0 Å². The van der Waals surface area contributed by atoms with Crippen LogP contribution in [-0.2, 0) is 0 Å². The normalized spacial score (nSPS) is 51.7. The summed E-state index contributed by atoms with van der Waals surface area (Å²) in [6, 6.07) is -1.88. The Morgan fingerprint density at radius 2 is 2.50 bits per heavy atom. The molecule has 76 valence electrons. The zero-order valence-electron chi connectivity index (χ0n) is 22.0. The highest BCUT2D eigenvalue weighted by Gasteiger charge is 2.15. The zero-order valence-corrected chi connectivity index (χ0v) is 6.97. The van der Waals surface area contributed by atoms with Gasteiger partial charge in [0.2, 0.25) is 0 Å². The molecule has 1 aliphatic heterocycles. The summed E-state index contributed by atoms with van der Waals surface area (Å²) in [7, 11) is 0. The van der Waals surface area contributed by atoms with Crippen LogP contribution < -0.4 is 10.6 Å². The van der Waals surface area contributed by atoms with Gasteiger partial charge in [-0.15, -0.1) is 0 Å². The van der Waals surface area contributed by atoms with Gasteiger partial charge in [-0.3, -0.25) is 0 Å².